The van der Waals surface area contributed by atoms with Gasteiger partial charge in [-0.1, -0.05) is 0 Å². The minimum absolute atomic E-state index is 0.663. The van der Waals surface area contributed by atoms with Gasteiger partial charge in [0, 0.05) is 31.5 Å². The van der Waals surface area contributed by atoms with Crippen LogP contribution in [0, 0.1) is 6.92 Å². The molecule has 0 radical (unpaired) electrons. The van der Waals surface area contributed by atoms with Crippen LogP contribution in [0.1, 0.15) is 24.0 Å². The Bertz CT molecular complexity index is 338. The van der Waals surface area contributed by atoms with Crippen LogP contribution in [0.3, 0.4) is 0 Å². The van der Waals surface area contributed by atoms with E-state index in [0.29, 0.717) is 6.04 Å². The Kier molecular flexibility index (Phi) is 3.91. The van der Waals surface area contributed by atoms with Gasteiger partial charge in [-0.05, 0) is 50.6 Å². The summed E-state index contributed by atoms with van der Waals surface area (Å²) in [6.07, 6.45) is 6.45. The zero-order valence-corrected chi connectivity index (χ0v) is 10.2. The molecule has 88 valence electrons. The number of pyridine rings is 1. The first kappa shape index (κ1) is 11.6. The third kappa shape index (κ3) is 2.80. The van der Waals surface area contributed by atoms with E-state index in [4.69, 9.17) is 0 Å². The molecular formula is C13H21N3. The molecule has 0 amide bonds. The van der Waals surface area contributed by atoms with Crippen molar-refractivity contribution in [2.24, 2.45) is 0 Å². The molecule has 0 saturated carbocycles. The average molecular weight is 219 g/mol. The molecule has 1 aromatic heterocycles. The molecule has 1 fully saturated rings. The highest BCUT2D eigenvalue weighted by atomic mass is 15.2. The predicted octanol–water partition coefficient (Wildman–Crippen LogP) is 1.57. The zero-order chi connectivity index (χ0) is 11.4. The predicted molar refractivity (Wildman–Crippen MR) is 66.3 cm³/mol. The summed E-state index contributed by atoms with van der Waals surface area (Å²) in [5, 5.41) is 3.38. The van der Waals surface area contributed by atoms with Gasteiger partial charge < -0.3 is 5.32 Å². The van der Waals surface area contributed by atoms with Gasteiger partial charge in [0.05, 0.1) is 0 Å². The minimum Gasteiger partial charge on any atom is -0.316 e. The van der Waals surface area contributed by atoms with Crippen LogP contribution in [0.4, 0.5) is 0 Å². The summed E-state index contributed by atoms with van der Waals surface area (Å²) in [6.45, 7) is 5.59. The topological polar surface area (TPSA) is 28.2 Å². The van der Waals surface area contributed by atoms with E-state index in [1.807, 2.05) is 12.4 Å². The molecule has 0 aromatic carbocycles. The van der Waals surface area contributed by atoms with Crippen molar-refractivity contribution in [3.8, 4) is 0 Å². The molecule has 1 N–H and O–H groups in total. The van der Waals surface area contributed by atoms with Gasteiger partial charge in [-0.15, -0.1) is 0 Å². The van der Waals surface area contributed by atoms with Crippen LogP contribution in [0.2, 0.25) is 0 Å². The highest BCUT2D eigenvalue weighted by Gasteiger charge is 2.18. The fourth-order valence-electron chi connectivity index (χ4n) is 2.36. The molecule has 2 rings (SSSR count). The lowest BCUT2D eigenvalue weighted by Gasteiger charge is -2.32. The largest absolute Gasteiger partial charge is 0.316 e. The Labute approximate surface area is 97.9 Å². The molecule has 0 aliphatic carbocycles. The van der Waals surface area contributed by atoms with Crippen LogP contribution in [0.15, 0.2) is 18.5 Å². The van der Waals surface area contributed by atoms with Crippen molar-refractivity contribution in [1.29, 1.82) is 0 Å². The van der Waals surface area contributed by atoms with Crippen molar-refractivity contribution in [2.45, 2.75) is 32.4 Å². The Morgan fingerprint density at radius 2 is 2.44 bits per heavy atom. The van der Waals surface area contributed by atoms with E-state index in [1.54, 1.807) is 0 Å². The Hall–Kier alpha value is -0.930. The van der Waals surface area contributed by atoms with E-state index in [0.717, 1.165) is 13.1 Å². The van der Waals surface area contributed by atoms with Crippen LogP contribution < -0.4 is 5.32 Å². The molecular weight excluding hydrogens is 198 g/mol. The molecule has 3 heteroatoms. The van der Waals surface area contributed by atoms with Gasteiger partial charge in [0.2, 0.25) is 0 Å². The van der Waals surface area contributed by atoms with Gasteiger partial charge in [-0.25, -0.2) is 0 Å². The molecule has 1 aromatic rings. The highest BCUT2D eigenvalue weighted by Crippen LogP contribution is 2.15. The Balaban J connectivity index is 1.97. The number of aromatic nitrogens is 1. The van der Waals surface area contributed by atoms with E-state index >= 15 is 0 Å². The standard InChI is InChI=1S/C13H21N3/c1-11-8-15-6-5-12(11)9-16-7-3-4-13(10-16)14-2/h5-6,8,13-14H,3-4,7,9-10H2,1-2H3. The number of rotatable bonds is 3. The Morgan fingerprint density at radius 3 is 3.19 bits per heavy atom. The third-order valence-electron chi connectivity index (χ3n) is 3.44. The maximum Gasteiger partial charge on any atom is 0.0300 e. The molecule has 1 saturated heterocycles. The fraction of sp³-hybridized carbons (Fsp3) is 0.615. The van der Waals surface area contributed by atoms with E-state index < -0.39 is 0 Å². The quantitative estimate of drug-likeness (QED) is 0.836. The van der Waals surface area contributed by atoms with Gasteiger partial charge >= 0.3 is 0 Å². The third-order valence-corrected chi connectivity index (χ3v) is 3.44. The van der Waals surface area contributed by atoms with E-state index in [9.17, 15) is 0 Å². The smallest absolute Gasteiger partial charge is 0.0300 e. The second-order valence-electron chi connectivity index (χ2n) is 4.67. The van der Waals surface area contributed by atoms with Crippen LogP contribution in [-0.2, 0) is 6.54 Å². The molecule has 1 aliphatic heterocycles. The molecule has 3 nitrogen and oxygen atoms in total. The number of nitrogens with one attached hydrogen (secondary N) is 1. The second kappa shape index (κ2) is 5.41. The van der Waals surface area contributed by atoms with E-state index in [1.165, 1.54) is 30.5 Å². The average Bonchev–Trinajstić information content (AvgIpc) is 2.32. The molecule has 1 unspecified atom stereocenters. The van der Waals surface area contributed by atoms with E-state index in [2.05, 4.69) is 35.2 Å². The maximum atomic E-state index is 4.14. The number of nitrogens with zero attached hydrogens (tertiary/aromatic N) is 2. The summed E-state index contributed by atoms with van der Waals surface area (Å²) < 4.78 is 0. The van der Waals surface area contributed by atoms with Crippen LogP contribution >= 0.6 is 0 Å². The number of hydrogen-bond acceptors (Lipinski definition) is 3. The first-order valence-electron chi connectivity index (χ1n) is 6.08. The lowest BCUT2D eigenvalue weighted by molar-refractivity contribution is 0.187. The summed E-state index contributed by atoms with van der Waals surface area (Å²) in [5.74, 6) is 0. The molecule has 0 bridgehead atoms. The summed E-state index contributed by atoms with van der Waals surface area (Å²) in [7, 11) is 2.06. The molecule has 0 spiro atoms. The molecule has 16 heavy (non-hydrogen) atoms. The monoisotopic (exact) mass is 219 g/mol. The van der Waals surface area contributed by atoms with Crippen molar-refractivity contribution in [3.05, 3.63) is 29.6 Å². The molecule has 1 atom stereocenters. The number of likely N-dealkylation sites (N-methyl/N-ethyl adjacent to an activating group) is 1. The minimum atomic E-state index is 0.663. The van der Waals surface area contributed by atoms with Gasteiger partial charge in [0.15, 0.2) is 0 Å². The summed E-state index contributed by atoms with van der Waals surface area (Å²) in [4.78, 5) is 6.67. The first-order chi connectivity index (χ1) is 7.79. The number of aryl methyl sites for hydroxylation is 1. The first-order valence-corrected chi connectivity index (χ1v) is 6.08. The van der Waals surface area contributed by atoms with Crippen molar-refractivity contribution >= 4 is 0 Å². The summed E-state index contributed by atoms with van der Waals surface area (Å²) in [6, 6.07) is 2.80. The molecule has 1 aliphatic rings. The van der Waals surface area contributed by atoms with Crippen molar-refractivity contribution in [2.75, 3.05) is 20.1 Å². The number of hydrogen-bond donors (Lipinski definition) is 1. The number of piperidine rings is 1. The van der Waals surface area contributed by atoms with Gasteiger partial charge in [0.25, 0.3) is 0 Å². The maximum absolute atomic E-state index is 4.14. The SMILES string of the molecule is CNC1CCCN(Cc2ccncc2C)C1. The highest BCUT2D eigenvalue weighted by molar-refractivity contribution is 5.21. The van der Waals surface area contributed by atoms with Crippen molar-refractivity contribution < 1.29 is 0 Å². The van der Waals surface area contributed by atoms with E-state index in [-0.39, 0.29) is 0 Å². The van der Waals surface area contributed by atoms with Crippen molar-refractivity contribution in [3.63, 3.8) is 0 Å². The second-order valence-corrected chi connectivity index (χ2v) is 4.67. The lowest BCUT2D eigenvalue weighted by atomic mass is 10.0. The van der Waals surface area contributed by atoms with Gasteiger partial charge in [-0.2, -0.15) is 0 Å². The fourth-order valence-corrected chi connectivity index (χ4v) is 2.36. The lowest BCUT2D eigenvalue weighted by Crippen LogP contribution is -2.43. The summed E-state index contributed by atoms with van der Waals surface area (Å²) in [5.41, 5.74) is 2.71. The van der Waals surface area contributed by atoms with Crippen LogP contribution in [0.25, 0.3) is 0 Å². The summed E-state index contributed by atoms with van der Waals surface area (Å²) >= 11 is 0. The normalized spacial score (nSPS) is 22.2. The molecule has 2 heterocycles. The number of likely N-dealkylation sites (tertiary alicyclic amines) is 1. The van der Waals surface area contributed by atoms with Crippen LogP contribution in [-0.4, -0.2) is 36.1 Å². The van der Waals surface area contributed by atoms with Crippen LogP contribution in [0.5, 0.6) is 0 Å². The van der Waals surface area contributed by atoms with Crippen molar-refractivity contribution in [1.82, 2.24) is 15.2 Å². The Morgan fingerprint density at radius 1 is 1.56 bits per heavy atom. The zero-order valence-electron chi connectivity index (χ0n) is 10.2. The van der Waals surface area contributed by atoms with Gasteiger partial charge in [-0.3, -0.25) is 9.88 Å². The van der Waals surface area contributed by atoms with Gasteiger partial charge in [0.1, 0.15) is 0 Å².